The highest BCUT2D eigenvalue weighted by atomic mass is 35.5. The van der Waals surface area contributed by atoms with Crippen LogP contribution < -0.4 is 5.31 Å². The molecule has 4 rings (SSSR count). The molecule has 1 saturated heterocycles. The van der Waals surface area contributed by atoms with Crippen LogP contribution >= 0.6 is 22.9 Å². The van der Waals surface area contributed by atoms with Crippen LogP contribution in [0.15, 0.2) is 30.5 Å². The third kappa shape index (κ3) is 4.03. The van der Waals surface area contributed by atoms with Crippen LogP contribution in [0.1, 0.15) is 29.5 Å². The number of hydrogen-bond acceptors (Lipinski definition) is 6. The number of nitriles is 1. The summed E-state index contributed by atoms with van der Waals surface area (Å²) < 4.78 is 56.2. The highest BCUT2D eigenvalue weighted by Crippen LogP contribution is 2.33. The zero-order chi connectivity index (χ0) is 23.2. The van der Waals surface area contributed by atoms with Crippen LogP contribution in [-0.4, -0.2) is 34.0 Å². The molecule has 0 amide bonds. The summed E-state index contributed by atoms with van der Waals surface area (Å²) in [6.07, 6.45) is 1.70. The molecule has 1 aromatic carbocycles. The molecule has 27 heavy (non-hydrogen) atoms. The van der Waals surface area contributed by atoms with Gasteiger partial charge in [0.2, 0.25) is 0 Å². The number of aromatic nitrogens is 2. The fourth-order valence-corrected chi connectivity index (χ4v) is 3.91. The lowest BCUT2D eigenvalue weighted by atomic mass is 10.0. The Bertz CT molecular complexity index is 1230. The summed E-state index contributed by atoms with van der Waals surface area (Å²) in [5, 5.41) is 10.1. The average molecular weight is 407 g/mol. The maximum atomic E-state index is 13.8. The SMILES string of the molecule is [2H]c1cc(C([2H])N2CCC([2H])(N([2H])c3ncnc4c([2H])c(Cl)sc34)CC2)cc(C#N)c1F. The molecule has 3 aromatic rings. The standard InChI is InChI=1S/C19H17ClFN5S/c20-17-8-16-18(27-17)19(24-11-23-16)25-14-3-5-26(6-4-14)10-12-1-2-15(21)13(7-12)9-22/h1-2,7-8,11,14H,3-6,10H2,(H,23,24,25)/i2D,8D,10D,14D/hD. The predicted molar refractivity (Wildman–Crippen MR) is 105 cm³/mol. The number of halogens is 2. The van der Waals surface area contributed by atoms with Gasteiger partial charge in [-0.25, -0.2) is 14.4 Å². The normalized spacial score (nSPS) is 20.7. The Morgan fingerprint density at radius 3 is 3.15 bits per heavy atom. The van der Waals surface area contributed by atoms with Gasteiger partial charge in [0.15, 0.2) is 1.41 Å². The minimum Gasteiger partial charge on any atom is -0.366 e. The van der Waals surface area contributed by atoms with Gasteiger partial charge in [-0.15, -0.1) is 11.3 Å². The number of anilines is 1. The van der Waals surface area contributed by atoms with Gasteiger partial charge >= 0.3 is 0 Å². The molecule has 1 atom stereocenters. The first-order chi connectivity index (χ1) is 15.2. The lowest BCUT2D eigenvalue weighted by Crippen LogP contribution is -2.38. The monoisotopic (exact) mass is 406 g/mol. The molecule has 0 spiro atoms. The number of nitrogens with zero attached hydrogens (tertiary/aromatic N) is 4. The van der Waals surface area contributed by atoms with E-state index in [4.69, 9.17) is 23.8 Å². The smallest absolute Gasteiger partial charge is 0.162 e. The van der Waals surface area contributed by atoms with Crippen LogP contribution in [0, 0.1) is 17.1 Å². The summed E-state index contributed by atoms with van der Waals surface area (Å²) in [5.74, 6) is -0.694. The third-order valence-electron chi connectivity index (χ3n) is 4.20. The highest BCUT2D eigenvalue weighted by Gasteiger charge is 2.21. The van der Waals surface area contributed by atoms with Crippen molar-refractivity contribution in [3.05, 3.63) is 51.8 Å². The fourth-order valence-electron chi connectivity index (χ4n) is 2.87. The highest BCUT2D eigenvalue weighted by molar-refractivity contribution is 7.23. The summed E-state index contributed by atoms with van der Waals surface area (Å²) in [6, 6.07) is 2.54. The lowest BCUT2D eigenvalue weighted by Gasteiger charge is -2.32. The van der Waals surface area contributed by atoms with Crippen molar-refractivity contribution in [2.75, 3.05) is 18.4 Å². The number of likely N-dealkylation sites (tertiary alicyclic amines) is 1. The van der Waals surface area contributed by atoms with Crippen LogP contribution in [0.25, 0.3) is 10.2 Å². The lowest BCUT2D eigenvalue weighted by molar-refractivity contribution is 0.211. The number of rotatable bonds is 4. The molecular weight excluding hydrogens is 385 g/mol. The second-order valence-corrected chi connectivity index (χ2v) is 7.61. The van der Waals surface area contributed by atoms with Gasteiger partial charge < -0.3 is 5.31 Å². The van der Waals surface area contributed by atoms with Crippen LogP contribution in [0.5, 0.6) is 0 Å². The van der Waals surface area contributed by atoms with Gasteiger partial charge in [-0.3, -0.25) is 4.90 Å². The van der Waals surface area contributed by atoms with E-state index >= 15 is 0 Å². The molecule has 3 heterocycles. The minimum absolute atomic E-state index is 0.0689. The van der Waals surface area contributed by atoms with E-state index < -0.39 is 24.4 Å². The van der Waals surface area contributed by atoms with Crippen molar-refractivity contribution in [3.8, 4) is 6.07 Å². The predicted octanol–water partition coefficient (Wildman–Crippen LogP) is 4.43. The van der Waals surface area contributed by atoms with E-state index in [1.54, 1.807) is 11.0 Å². The maximum absolute atomic E-state index is 13.8. The van der Waals surface area contributed by atoms with Crippen molar-refractivity contribution in [3.63, 3.8) is 0 Å². The van der Waals surface area contributed by atoms with Crippen LogP contribution in [0.3, 0.4) is 0 Å². The number of piperidine rings is 1. The van der Waals surface area contributed by atoms with Crippen LogP contribution in [0.4, 0.5) is 10.2 Å². The van der Waals surface area contributed by atoms with Gasteiger partial charge in [0, 0.05) is 27.0 Å². The topological polar surface area (TPSA) is 64.8 Å². The summed E-state index contributed by atoms with van der Waals surface area (Å²) in [6.45, 7) is -0.311. The Morgan fingerprint density at radius 1 is 1.56 bits per heavy atom. The van der Waals surface area contributed by atoms with Crippen molar-refractivity contribution >= 4 is 39.0 Å². The van der Waals surface area contributed by atoms with Crippen molar-refractivity contribution in [1.82, 2.24) is 14.9 Å². The first-order valence-corrected chi connectivity index (χ1v) is 9.41. The number of benzene rings is 1. The Labute approximate surface area is 172 Å². The van der Waals surface area contributed by atoms with E-state index in [1.807, 2.05) is 0 Å². The first-order valence-electron chi connectivity index (χ1n) is 10.7. The van der Waals surface area contributed by atoms with Crippen molar-refractivity contribution in [1.29, 1.82) is 5.26 Å². The maximum Gasteiger partial charge on any atom is 0.162 e. The molecule has 0 bridgehead atoms. The van der Waals surface area contributed by atoms with E-state index in [2.05, 4.69) is 9.97 Å². The van der Waals surface area contributed by atoms with Gasteiger partial charge in [-0.05, 0) is 36.6 Å². The van der Waals surface area contributed by atoms with Crippen molar-refractivity contribution in [2.24, 2.45) is 0 Å². The molecule has 138 valence electrons. The minimum atomic E-state index is -1.32. The molecule has 1 unspecified atom stereocenters. The van der Waals surface area contributed by atoms with Gasteiger partial charge in [-0.1, -0.05) is 17.7 Å². The quantitative estimate of drug-likeness (QED) is 0.694. The Kier molecular flexibility index (Phi) is 3.74. The Balaban J connectivity index is 1.54. The van der Waals surface area contributed by atoms with Gasteiger partial charge in [0.25, 0.3) is 0 Å². The Morgan fingerprint density at radius 2 is 2.37 bits per heavy atom. The number of nitrogens with one attached hydrogen (secondary N) is 1. The second-order valence-electron chi connectivity index (χ2n) is 5.99. The molecule has 1 N–H and O–H groups in total. The molecule has 8 heteroatoms. The summed E-state index contributed by atoms with van der Waals surface area (Å²) in [7, 11) is 0. The van der Waals surface area contributed by atoms with E-state index in [9.17, 15) is 4.39 Å². The molecule has 1 aliphatic heterocycles. The largest absolute Gasteiger partial charge is 0.366 e. The van der Waals surface area contributed by atoms with Gasteiger partial charge in [-0.2, -0.15) is 5.26 Å². The molecule has 1 fully saturated rings. The zero-order valence-electron chi connectivity index (χ0n) is 19.0. The molecule has 2 aromatic heterocycles. The van der Waals surface area contributed by atoms with Gasteiger partial charge in [0.1, 0.15) is 24.0 Å². The van der Waals surface area contributed by atoms with E-state index in [-0.39, 0.29) is 34.6 Å². The van der Waals surface area contributed by atoms with Crippen molar-refractivity contribution in [2.45, 2.75) is 25.4 Å². The van der Waals surface area contributed by atoms with Crippen LogP contribution in [-0.2, 0) is 6.52 Å². The third-order valence-corrected chi connectivity index (χ3v) is 5.38. The van der Waals surface area contributed by atoms with E-state index in [0.717, 1.165) is 16.6 Å². The van der Waals surface area contributed by atoms with Crippen molar-refractivity contribution < 1.29 is 11.3 Å². The first kappa shape index (κ1) is 13.0. The molecule has 5 nitrogen and oxygen atoms in total. The van der Waals surface area contributed by atoms with Crippen LogP contribution in [0.2, 0.25) is 5.75 Å². The zero-order valence-corrected chi connectivity index (χ0v) is 15.6. The fraction of sp³-hybridized carbons (Fsp3) is 0.316. The average Bonchev–Trinajstić information content (AvgIpc) is 3.08. The second kappa shape index (κ2) is 7.77. The van der Waals surface area contributed by atoms with Gasteiger partial charge in [0.05, 0.1) is 24.2 Å². The summed E-state index contributed by atoms with van der Waals surface area (Å²) >= 11 is 7.15. The Hall–Kier alpha value is -2.27. The molecule has 1 aliphatic rings. The summed E-state index contributed by atoms with van der Waals surface area (Å²) in [5.41, 5.74) is 0.400. The number of fused-ring (bicyclic) bond motifs is 1. The molecular formula is C19H17ClFN5S. The summed E-state index contributed by atoms with van der Waals surface area (Å²) in [4.78, 5) is 9.98. The molecule has 0 aliphatic carbocycles. The molecule has 0 saturated carbocycles. The van der Waals surface area contributed by atoms with E-state index in [0.29, 0.717) is 28.9 Å². The molecule has 0 radical (unpaired) electrons. The number of thiophene rings is 1. The number of hydrogen-bond donors (Lipinski definition) is 1. The van der Waals surface area contributed by atoms with E-state index in [1.165, 1.54) is 18.5 Å².